The first-order valence-corrected chi connectivity index (χ1v) is 7.82. The maximum absolute atomic E-state index is 12.8. The number of anilines is 1. The molecule has 0 saturated carbocycles. The first-order chi connectivity index (χ1) is 11.5. The molecule has 1 N–H and O–H groups in total. The third kappa shape index (κ3) is 4.77. The number of aliphatic imine (C=N–C) groups is 1. The van der Waals surface area contributed by atoms with Crippen LogP contribution in [0.4, 0.5) is 18.9 Å². The number of methoxy groups -OCH3 is 1. The van der Waals surface area contributed by atoms with E-state index in [1.807, 2.05) is 4.90 Å². The van der Waals surface area contributed by atoms with E-state index in [4.69, 9.17) is 4.74 Å². The summed E-state index contributed by atoms with van der Waals surface area (Å²) in [5.74, 6) is 0.788. The molecule has 0 aromatic heterocycles. The molecular weight excluding hydrogens is 321 g/mol. The Morgan fingerprint density at radius 2 is 1.96 bits per heavy atom. The highest BCUT2D eigenvalue weighted by atomic mass is 19.4. The maximum Gasteiger partial charge on any atom is 0.416 e. The van der Waals surface area contributed by atoms with Gasteiger partial charge in [0.15, 0.2) is 5.96 Å². The Labute approximate surface area is 140 Å². The van der Waals surface area contributed by atoms with Gasteiger partial charge in [-0.3, -0.25) is 4.99 Å². The van der Waals surface area contributed by atoms with Gasteiger partial charge in [0.2, 0.25) is 0 Å². The van der Waals surface area contributed by atoms with Crippen molar-refractivity contribution >= 4 is 11.6 Å². The monoisotopic (exact) mass is 344 g/mol. The van der Waals surface area contributed by atoms with Gasteiger partial charge in [-0.25, -0.2) is 0 Å². The number of piperazine rings is 1. The Morgan fingerprint density at radius 3 is 2.54 bits per heavy atom. The molecule has 0 atom stereocenters. The first kappa shape index (κ1) is 18.4. The van der Waals surface area contributed by atoms with Crippen LogP contribution < -0.4 is 10.2 Å². The molecule has 1 aromatic rings. The van der Waals surface area contributed by atoms with Crippen molar-refractivity contribution in [2.24, 2.45) is 4.99 Å². The van der Waals surface area contributed by atoms with Crippen molar-refractivity contribution in [1.82, 2.24) is 10.2 Å². The van der Waals surface area contributed by atoms with Gasteiger partial charge in [-0.2, -0.15) is 13.2 Å². The minimum absolute atomic E-state index is 0.587. The molecule has 1 saturated heterocycles. The van der Waals surface area contributed by atoms with Crippen molar-refractivity contribution in [3.8, 4) is 0 Å². The number of nitrogens with one attached hydrogen (secondary N) is 1. The molecule has 1 fully saturated rings. The third-order valence-corrected chi connectivity index (χ3v) is 3.92. The molecule has 1 aliphatic heterocycles. The lowest BCUT2D eigenvalue weighted by molar-refractivity contribution is -0.137. The van der Waals surface area contributed by atoms with Crippen LogP contribution in [-0.2, 0) is 10.9 Å². The number of hydrogen-bond donors (Lipinski definition) is 1. The lowest BCUT2D eigenvalue weighted by Crippen LogP contribution is -2.53. The molecule has 1 aromatic carbocycles. The van der Waals surface area contributed by atoms with Crippen LogP contribution >= 0.6 is 0 Å². The van der Waals surface area contributed by atoms with Crippen molar-refractivity contribution in [2.75, 3.05) is 58.4 Å². The van der Waals surface area contributed by atoms with Gasteiger partial charge in [0.1, 0.15) is 0 Å². The van der Waals surface area contributed by atoms with Gasteiger partial charge < -0.3 is 19.9 Å². The second-order valence-electron chi connectivity index (χ2n) is 5.49. The number of benzene rings is 1. The molecular formula is C16H23F3N4O. The minimum Gasteiger partial charge on any atom is -0.383 e. The molecule has 0 radical (unpaired) electrons. The van der Waals surface area contributed by atoms with E-state index in [1.165, 1.54) is 12.1 Å². The number of guanidine groups is 1. The van der Waals surface area contributed by atoms with Gasteiger partial charge in [-0.15, -0.1) is 0 Å². The molecule has 2 rings (SSSR count). The zero-order valence-electron chi connectivity index (χ0n) is 13.9. The Bertz CT molecular complexity index is 554. The maximum atomic E-state index is 12.8. The number of ether oxygens (including phenoxy) is 1. The summed E-state index contributed by atoms with van der Waals surface area (Å²) >= 11 is 0. The molecule has 134 valence electrons. The molecule has 8 heteroatoms. The van der Waals surface area contributed by atoms with Crippen molar-refractivity contribution in [1.29, 1.82) is 0 Å². The quantitative estimate of drug-likeness (QED) is 0.516. The molecule has 0 unspecified atom stereocenters. The smallest absolute Gasteiger partial charge is 0.383 e. The van der Waals surface area contributed by atoms with Gasteiger partial charge in [-0.05, 0) is 18.2 Å². The highest BCUT2D eigenvalue weighted by Crippen LogP contribution is 2.31. The highest BCUT2D eigenvalue weighted by Gasteiger charge is 2.31. The van der Waals surface area contributed by atoms with Crippen LogP contribution in [0, 0.1) is 0 Å². The average Bonchev–Trinajstić information content (AvgIpc) is 2.58. The molecule has 24 heavy (non-hydrogen) atoms. The van der Waals surface area contributed by atoms with Crippen molar-refractivity contribution in [3.05, 3.63) is 29.8 Å². The SMILES string of the molecule is CN=C(NCCOC)N1CCN(c2cccc(C(F)(F)F)c2)CC1. The van der Waals surface area contributed by atoms with E-state index in [2.05, 4.69) is 15.2 Å². The van der Waals surface area contributed by atoms with Gasteiger partial charge in [-0.1, -0.05) is 6.07 Å². The predicted octanol–water partition coefficient (Wildman–Crippen LogP) is 2.05. The Balaban J connectivity index is 1.95. The van der Waals surface area contributed by atoms with Crippen LogP contribution in [0.5, 0.6) is 0 Å². The molecule has 0 amide bonds. The Hall–Kier alpha value is -1.96. The van der Waals surface area contributed by atoms with E-state index >= 15 is 0 Å². The second kappa shape index (κ2) is 8.23. The molecule has 1 heterocycles. The highest BCUT2D eigenvalue weighted by molar-refractivity contribution is 5.80. The van der Waals surface area contributed by atoms with E-state index in [1.54, 1.807) is 20.2 Å². The van der Waals surface area contributed by atoms with E-state index in [9.17, 15) is 13.2 Å². The zero-order chi connectivity index (χ0) is 17.6. The molecule has 5 nitrogen and oxygen atoms in total. The summed E-state index contributed by atoms with van der Waals surface area (Å²) in [5, 5.41) is 3.21. The van der Waals surface area contributed by atoms with E-state index in [-0.39, 0.29) is 0 Å². The summed E-state index contributed by atoms with van der Waals surface area (Å²) in [7, 11) is 3.35. The third-order valence-electron chi connectivity index (χ3n) is 3.92. The lowest BCUT2D eigenvalue weighted by atomic mass is 10.1. The van der Waals surface area contributed by atoms with E-state index in [0.717, 1.165) is 12.0 Å². The largest absolute Gasteiger partial charge is 0.416 e. The normalized spacial score (nSPS) is 16.5. The first-order valence-electron chi connectivity index (χ1n) is 7.82. The molecule has 1 aliphatic rings. The second-order valence-corrected chi connectivity index (χ2v) is 5.49. The summed E-state index contributed by atoms with van der Waals surface area (Å²) in [6.07, 6.45) is -4.31. The van der Waals surface area contributed by atoms with Crippen LogP contribution in [0.25, 0.3) is 0 Å². The van der Waals surface area contributed by atoms with Crippen molar-refractivity contribution in [2.45, 2.75) is 6.18 Å². The summed E-state index contributed by atoms with van der Waals surface area (Å²) in [6, 6.07) is 5.48. The minimum atomic E-state index is -4.31. The van der Waals surface area contributed by atoms with Crippen LogP contribution in [0.3, 0.4) is 0 Å². The van der Waals surface area contributed by atoms with Crippen LogP contribution in [0.15, 0.2) is 29.3 Å². The molecule has 0 spiro atoms. The fourth-order valence-electron chi connectivity index (χ4n) is 2.65. The lowest BCUT2D eigenvalue weighted by Gasteiger charge is -2.37. The zero-order valence-corrected chi connectivity index (χ0v) is 13.9. The van der Waals surface area contributed by atoms with Gasteiger partial charge >= 0.3 is 6.18 Å². The number of hydrogen-bond acceptors (Lipinski definition) is 3. The van der Waals surface area contributed by atoms with E-state index in [0.29, 0.717) is 45.0 Å². The number of alkyl halides is 3. The van der Waals surface area contributed by atoms with Gasteiger partial charge in [0.05, 0.1) is 12.2 Å². The van der Waals surface area contributed by atoms with Crippen molar-refractivity contribution in [3.63, 3.8) is 0 Å². The van der Waals surface area contributed by atoms with E-state index < -0.39 is 11.7 Å². The van der Waals surface area contributed by atoms with Gasteiger partial charge in [0.25, 0.3) is 0 Å². The molecule has 0 bridgehead atoms. The van der Waals surface area contributed by atoms with Crippen molar-refractivity contribution < 1.29 is 17.9 Å². The Kier molecular flexibility index (Phi) is 6.30. The number of halogens is 3. The van der Waals surface area contributed by atoms with Crippen LogP contribution in [0.2, 0.25) is 0 Å². The van der Waals surface area contributed by atoms with Gasteiger partial charge in [0, 0.05) is 52.6 Å². The summed E-state index contributed by atoms with van der Waals surface area (Å²) in [4.78, 5) is 8.30. The van der Waals surface area contributed by atoms with Crippen LogP contribution in [0.1, 0.15) is 5.56 Å². The number of rotatable bonds is 4. The topological polar surface area (TPSA) is 40.1 Å². The summed E-state index contributed by atoms with van der Waals surface area (Å²) in [5.41, 5.74) is -0.00808. The average molecular weight is 344 g/mol. The summed E-state index contributed by atoms with van der Waals surface area (Å²) in [6.45, 7) is 3.94. The Morgan fingerprint density at radius 1 is 1.25 bits per heavy atom. The fourth-order valence-corrected chi connectivity index (χ4v) is 2.65. The number of nitrogens with zero attached hydrogens (tertiary/aromatic N) is 3. The fraction of sp³-hybridized carbons (Fsp3) is 0.562. The predicted molar refractivity (Wildman–Crippen MR) is 88.5 cm³/mol. The molecule has 0 aliphatic carbocycles. The summed E-state index contributed by atoms with van der Waals surface area (Å²) < 4.78 is 43.5. The standard InChI is InChI=1S/C16H23F3N4O/c1-20-15(21-6-11-24-2)23-9-7-22(8-10-23)14-5-3-4-13(12-14)16(17,18)19/h3-5,12H,6-11H2,1-2H3,(H,20,21). The van der Waals surface area contributed by atoms with Crippen LogP contribution in [-0.4, -0.2) is 64.3 Å².